The molecule has 0 radical (unpaired) electrons. The van der Waals surface area contributed by atoms with Crippen LogP contribution in [0, 0.1) is 0 Å². The largest absolute Gasteiger partial charge is 0.389 e. The van der Waals surface area contributed by atoms with Crippen molar-refractivity contribution in [1.82, 2.24) is 4.90 Å². The highest BCUT2D eigenvalue weighted by Gasteiger charge is 2.39. The summed E-state index contributed by atoms with van der Waals surface area (Å²) in [6.07, 6.45) is -3.21. The van der Waals surface area contributed by atoms with Crippen LogP contribution in [-0.4, -0.2) is 48.5 Å². The van der Waals surface area contributed by atoms with Crippen LogP contribution in [0.5, 0.6) is 0 Å². The molecule has 1 fully saturated rings. The van der Waals surface area contributed by atoms with Crippen molar-refractivity contribution in [3.05, 3.63) is 0 Å². The van der Waals surface area contributed by atoms with E-state index in [2.05, 4.69) is 11.8 Å². The Morgan fingerprint density at radius 3 is 2.45 bits per heavy atom. The molecule has 6 heteroatoms. The van der Waals surface area contributed by atoms with Crippen molar-refractivity contribution < 1.29 is 17.9 Å². The van der Waals surface area contributed by atoms with E-state index < -0.39 is 12.6 Å². The van der Waals surface area contributed by atoms with E-state index in [4.69, 9.17) is 10.5 Å². The van der Waals surface area contributed by atoms with Crippen LogP contribution in [0.1, 0.15) is 46.5 Å². The fourth-order valence-corrected chi connectivity index (χ4v) is 2.88. The Morgan fingerprint density at radius 1 is 1.30 bits per heavy atom. The van der Waals surface area contributed by atoms with Crippen molar-refractivity contribution in [3.8, 4) is 0 Å². The van der Waals surface area contributed by atoms with Crippen LogP contribution in [0.25, 0.3) is 0 Å². The van der Waals surface area contributed by atoms with E-state index in [0.717, 1.165) is 13.0 Å². The molecular weight excluding hydrogens is 269 g/mol. The number of nitrogens with zero attached hydrogens (tertiary/aromatic N) is 1. The zero-order valence-corrected chi connectivity index (χ0v) is 12.7. The van der Waals surface area contributed by atoms with Crippen LogP contribution in [0.3, 0.4) is 0 Å². The van der Waals surface area contributed by atoms with Crippen molar-refractivity contribution in [2.75, 3.05) is 19.7 Å². The van der Waals surface area contributed by atoms with E-state index in [0.29, 0.717) is 19.6 Å². The Morgan fingerprint density at radius 2 is 1.95 bits per heavy atom. The SMILES string of the molecule is CCC1COC(C)CN1C(C)(CN)CCCC(F)(F)F. The van der Waals surface area contributed by atoms with Gasteiger partial charge < -0.3 is 10.5 Å². The number of hydrogen-bond acceptors (Lipinski definition) is 3. The third-order valence-corrected chi connectivity index (χ3v) is 4.25. The number of morpholine rings is 1. The van der Waals surface area contributed by atoms with Gasteiger partial charge in [0.15, 0.2) is 0 Å². The van der Waals surface area contributed by atoms with Gasteiger partial charge in [-0.05, 0) is 33.1 Å². The lowest BCUT2D eigenvalue weighted by molar-refractivity contribution is -0.139. The minimum Gasteiger partial charge on any atom is -0.376 e. The first kappa shape index (κ1) is 17.7. The van der Waals surface area contributed by atoms with Gasteiger partial charge in [0.25, 0.3) is 0 Å². The van der Waals surface area contributed by atoms with E-state index in [-0.39, 0.29) is 24.1 Å². The maximum Gasteiger partial charge on any atom is 0.389 e. The van der Waals surface area contributed by atoms with Gasteiger partial charge in [0.05, 0.1) is 12.7 Å². The second-order valence-electron chi connectivity index (χ2n) is 6.03. The zero-order chi connectivity index (χ0) is 15.4. The van der Waals surface area contributed by atoms with Crippen LogP contribution in [0.15, 0.2) is 0 Å². The Hall–Kier alpha value is -0.330. The number of nitrogens with two attached hydrogens (primary N) is 1. The summed E-state index contributed by atoms with van der Waals surface area (Å²) < 4.78 is 42.6. The lowest BCUT2D eigenvalue weighted by atomic mass is 9.89. The average molecular weight is 296 g/mol. The molecule has 0 amide bonds. The molecule has 0 bridgehead atoms. The van der Waals surface area contributed by atoms with Gasteiger partial charge in [-0.1, -0.05) is 6.92 Å². The fourth-order valence-electron chi connectivity index (χ4n) is 2.88. The van der Waals surface area contributed by atoms with Crippen LogP contribution in [0.2, 0.25) is 0 Å². The maximum absolute atomic E-state index is 12.3. The van der Waals surface area contributed by atoms with E-state index >= 15 is 0 Å². The molecule has 1 rings (SSSR count). The van der Waals surface area contributed by atoms with E-state index in [9.17, 15) is 13.2 Å². The molecule has 1 heterocycles. The molecule has 20 heavy (non-hydrogen) atoms. The molecule has 3 nitrogen and oxygen atoms in total. The summed E-state index contributed by atoms with van der Waals surface area (Å²) >= 11 is 0. The summed E-state index contributed by atoms with van der Waals surface area (Å²) in [6.45, 7) is 7.78. The van der Waals surface area contributed by atoms with Gasteiger partial charge in [-0.15, -0.1) is 0 Å². The monoisotopic (exact) mass is 296 g/mol. The molecule has 3 unspecified atom stereocenters. The van der Waals surface area contributed by atoms with Crippen LogP contribution in [-0.2, 0) is 4.74 Å². The van der Waals surface area contributed by atoms with Crippen LogP contribution >= 0.6 is 0 Å². The minimum absolute atomic E-state index is 0.103. The van der Waals surface area contributed by atoms with E-state index in [1.165, 1.54) is 0 Å². The first-order valence-electron chi connectivity index (χ1n) is 7.37. The summed E-state index contributed by atoms with van der Waals surface area (Å²) in [4.78, 5) is 2.26. The molecule has 0 aromatic heterocycles. The van der Waals surface area contributed by atoms with E-state index in [1.807, 2.05) is 13.8 Å². The quantitative estimate of drug-likeness (QED) is 0.819. The molecule has 2 N–H and O–H groups in total. The number of alkyl halides is 3. The number of ether oxygens (including phenoxy) is 1. The number of hydrogen-bond donors (Lipinski definition) is 1. The van der Waals surface area contributed by atoms with Gasteiger partial charge in [-0.25, -0.2) is 0 Å². The highest BCUT2D eigenvalue weighted by Crippen LogP contribution is 2.31. The smallest absolute Gasteiger partial charge is 0.376 e. The summed E-state index contributed by atoms with van der Waals surface area (Å²) in [5.74, 6) is 0. The Labute approximate surface area is 119 Å². The van der Waals surface area contributed by atoms with Crippen molar-refractivity contribution in [3.63, 3.8) is 0 Å². The van der Waals surface area contributed by atoms with Gasteiger partial charge >= 0.3 is 6.18 Å². The number of rotatable bonds is 6. The van der Waals surface area contributed by atoms with Gasteiger partial charge in [0.2, 0.25) is 0 Å². The summed E-state index contributed by atoms with van der Waals surface area (Å²) in [7, 11) is 0. The molecule has 0 saturated carbocycles. The van der Waals surface area contributed by atoms with E-state index in [1.54, 1.807) is 0 Å². The molecule has 0 spiro atoms. The lowest BCUT2D eigenvalue weighted by Crippen LogP contribution is -2.61. The van der Waals surface area contributed by atoms with Gasteiger partial charge in [-0.2, -0.15) is 13.2 Å². The third kappa shape index (κ3) is 4.90. The third-order valence-electron chi connectivity index (χ3n) is 4.25. The molecule has 0 aromatic carbocycles. The maximum atomic E-state index is 12.3. The predicted octanol–water partition coefficient (Wildman–Crippen LogP) is 2.94. The Bertz CT molecular complexity index is 299. The molecule has 0 aromatic rings. The molecule has 1 saturated heterocycles. The molecule has 3 atom stereocenters. The zero-order valence-electron chi connectivity index (χ0n) is 12.7. The lowest BCUT2D eigenvalue weighted by Gasteiger charge is -2.49. The van der Waals surface area contributed by atoms with Crippen molar-refractivity contribution >= 4 is 0 Å². The standard InChI is InChI=1S/C14H27F3N2O/c1-4-12-9-20-11(2)8-19(12)13(3,10-18)6-5-7-14(15,16)17/h11-12H,4-10,18H2,1-3H3. The molecule has 1 aliphatic heterocycles. The average Bonchev–Trinajstić information content (AvgIpc) is 2.37. The predicted molar refractivity (Wildman–Crippen MR) is 73.6 cm³/mol. The summed E-state index contributed by atoms with van der Waals surface area (Å²) in [6, 6.07) is 0.241. The number of halogens is 3. The fraction of sp³-hybridized carbons (Fsp3) is 1.00. The highest BCUT2D eigenvalue weighted by molar-refractivity contribution is 4.93. The van der Waals surface area contributed by atoms with Crippen molar-refractivity contribution in [2.45, 2.75) is 70.3 Å². The van der Waals surface area contributed by atoms with Gasteiger partial charge in [0, 0.05) is 31.1 Å². The summed E-state index contributed by atoms with van der Waals surface area (Å²) in [5, 5.41) is 0. The normalized spacial score (nSPS) is 28.4. The molecule has 0 aliphatic carbocycles. The second kappa shape index (κ2) is 7.09. The Kier molecular flexibility index (Phi) is 6.28. The first-order chi connectivity index (χ1) is 9.22. The van der Waals surface area contributed by atoms with Crippen LogP contribution < -0.4 is 5.73 Å². The first-order valence-corrected chi connectivity index (χ1v) is 7.37. The van der Waals surface area contributed by atoms with Gasteiger partial charge in [-0.3, -0.25) is 4.90 Å². The molecule has 120 valence electrons. The van der Waals surface area contributed by atoms with Crippen LogP contribution in [0.4, 0.5) is 13.2 Å². The van der Waals surface area contributed by atoms with Gasteiger partial charge in [0.1, 0.15) is 0 Å². The topological polar surface area (TPSA) is 38.5 Å². The van der Waals surface area contributed by atoms with Crippen molar-refractivity contribution in [2.24, 2.45) is 5.73 Å². The Balaban J connectivity index is 2.69. The molecular formula is C14H27F3N2O. The minimum atomic E-state index is -4.09. The molecule has 1 aliphatic rings. The van der Waals surface area contributed by atoms with Crippen molar-refractivity contribution in [1.29, 1.82) is 0 Å². The second-order valence-corrected chi connectivity index (χ2v) is 6.03. The summed E-state index contributed by atoms with van der Waals surface area (Å²) in [5.41, 5.74) is 5.50. The highest BCUT2D eigenvalue weighted by atomic mass is 19.4.